The van der Waals surface area contributed by atoms with Crippen LogP contribution in [-0.2, 0) is 0 Å². The van der Waals surface area contributed by atoms with Crippen molar-refractivity contribution in [3.63, 3.8) is 0 Å². The molecular formula is C14H20N6O. The van der Waals surface area contributed by atoms with Crippen LogP contribution in [0.1, 0.15) is 13.8 Å². The number of nitrogens with two attached hydrogens (primary N) is 1. The van der Waals surface area contributed by atoms with Crippen LogP contribution >= 0.6 is 0 Å². The van der Waals surface area contributed by atoms with Crippen molar-refractivity contribution >= 4 is 23.5 Å². The van der Waals surface area contributed by atoms with Crippen LogP contribution in [0.2, 0.25) is 0 Å². The number of hydrogen-bond acceptors (Lipinski definition) is 7. The van der Waals surface area contributed by atoms with Crippen LogP contribution in [0.4, 0.5) is 23.5 Å². The minimum absolute atomic E-state index is 0.148. The second-order valence-corrected chi connectivity index (χ2v) is 5.03. The van der Waals surface area contributed by atoms with E-state index in [1.807, 2.05) is 52.2 Å². The van der Waals surface area contributed by atoms with E-state index in [4.69, 9.17) is 10.5 Å². The molecule has 0 amide bonds. The Morgan fingerprint density at radius 2 is 1.76 bits per heavy atom. The fourth-order valence-electron chi connectivity index (χ4n) is 1.65. The van der Waals surface area contributed by atoms with Crippen LogP contribution in [0.3, 0.4) is 0 Å². The van der Waals surface area contributed by atoms with Gasteiger partial charge in [-0.25, -0.2) is 0 Å². The van der Waals surface area contributed by atoms with E-state index in [9.17, 15) is 0 Å². The van der Waals surface area contributed by atoms with Gasteiger partial charge < -0.3 is 20.7 Å². The standard InChI is InChI=1S/C14H20N6O/c1-9(2)21-11-7-5-10(6-8-11)16-13-17-12(15)18-14(19-13)20(3)4/h5-9H,1-4H3,(H3,15,16,17,18,19). The number of ether oxygens (including phenoxy) is 1. The van der Waals surface area contributed by atoms with Gasteiger partial charge in [-0.05, 0) is 38.1 Å². The monoisotopic (exact) mass is 288 g/mol. The zero-order valence-corrected chi connectivity index (χ0v) is 12.7. The van der Waals surface area contributed by atoms with Gasteiger partial charge in [-0.15, -0.1) is 0 Å². The second kappa shape index (κ2) is 6.25. The van der Waals surface area contributed by atoms with Crippen molar-refractivity contribution in [2.24, 2.45) is 0 Å². The zero-order chi connectivity index (χ0) is 15.4. The Morgan fingerprint density at radius 1 is 1.10 bits per heavy atom. The largest absolute Gasteiger partial charge is 0.491 e. The molecule has 0 aliphatic carbocycles. The van der Waals surface area contributed by atoms with E-state index in [2.05, 4.69) is 20.3 Å². The first-order valence-electron chi connectivity index (χ1n) is 6.66. The summed E-state index contributed by atoms with van der Waals surface area (Å²) < 4.78 is 5.59. The van der Waals surface area contributed by atoms with Crippen LogP contribution in [0.15, 0.2) is 24.3 Å². The van der Waals surface area contributed by atoms with Gasteiger partial charge >= 0.3 is 0 Å². The average Bonchev–Trinajstić information content (AvgIpc) is 2.39. The maximum absolute atomic E-state index is 5.68. The third-order valence-corrected chi connectivity index (χ3v) is 2.52. The number of nitrogen functional groups attached to an aromatic ring is 1. The molecule has 7 heteroatoms. The molecule has 1 aromatic heterocycles. The summed E-state index contributed by atoms with van der Waals surface area (Å²) in [7, 11) is 3.69. The van der Waals surface area contributed by atoms with Crippen molar-refractivity contribution in [2.45, 2.75) is 20.0 Å². The van der Waals surface area contributed by atoms with E-state index in [-0.39, 0.29) is 12.1 Å². The number of nitrogens with zero attached hydrogens (tertiary/aromatic N) is 4. The summed E-state index contributed by atoms with van der Waals surface area (Å²) in [6.07, 6.45) is 0.148. The topological polar surface area (TPSA) is 89.2 Å². The van der Waals surface area contributed by atoms with Crippen molar-refractivity contribution in [3.05, 3.63) is 24.3 Å². The Balaban J connectivity index is 2.14. The summed E-state index contributed by atoms with van der Waals surface area (Å²) in [5.41, 5.74) is 6.53. The normalized spacial score (nSPS) is 10.5. The molecule has 112 valence electrons. The lowest BCUT2D eigenvalue weighted by atomic mass is 10.3. The lowest BCUT2D eigenvalue weighted by Gasteiger charge is -2.13. The summed E-state index contributed by atoms with van der Waals surface area (Å²) >= 11 is 0. The number of rotatable bonds is 5. The van der Waals surface area contributed by atoms with Crippen LogP contribution in [-0.4, -0.2) is 35.2 Å². The highest BCUT2D eigenvalue weighted by Crippen LogP contribution is 2.20. The summed E-state index contributed by atoms with van der Waals surface area (Å²) in [5.74, 6) is 1.91. The SMILES string of the molecule is CC(C)Oc1ccc(Nc2nc(N)nc(N(C)C)n2)cc1. The Bertz CT molecular complexity index is 597. The second-order valence-electron chi connectivity index (χ2n) is 5.03. The van der Waals surface area contributed by atoms with Gasteiger partial charge in [-0.3, -0.25) is 0 Å². The Labute approximate surface area is 124 Å². The molecule has 2 rings (SSSR count). The Hall–Kier alpha value is -2.57. The Morgan fingerprint density at radius 3 is 2.33 bits per heavy atom. The van der Waals surface area contributed by atoms with E-state index in [1.165, 1.54) is 0 Å². The maximum Gasteiger partial charge on any atom is 0.233 e. The van der Waals surface area contributed by atoms with Crippen LogP contribution in [0, 0.1) is 0 Å². The first-order chi connectivity index (χ1) is 9.94. The Kier molecular flexibility index (Phi) is 4.42. The predicted octanol–water partition coefficient (Wildman–Crippen LogP) is 2.05. The summed E-state index contributed by atoms with van der Waals surface area (Å²) in [6.45, 7) is 3.98. The van der Waals surface area contributed by atoms with Crippen molar-refractivity contribution in [1.82, 2.24) is 15.0 Å². The molecule has 0 unspecified atom stereocenters. The van der Waals surface area contributed by atoms with Gasteiger partial charge in [-0.2, -0.15) is 15.0 Å². The van der Waals surface area contributed by atoms with Crippen molar-refractivity contribution < 1.29 is 4.74 Å². The minimum Gasteiger partial charge on any atom is -0.491 e. The summed E-state index contributed by atoms with van der Waals surface area (Å²) in [5, 5.41) is 3.10. The van der Waals surface area contributed by atoms with Crippen LogP contribution in [0.5, 0.6) is 5.75 Å². The number of benzene rings is 1. The van der Waals surface area contributed by atoms with Gasteiger partial charge in [0.05, 0.1) is 6.10 Å². The molecule has 3 N–H and O–H groups in total. The van der Waals surface area contributed by atoms with Gasteiger partial charge in [0, 0.05) is 19.8 Å². The zero-order valence-electron chi connectivity index (χ0n) is 12.7. The van der Waals surface area contributed by atoms with E-state index < -0.39 is 0 Å². The highest BCUT2D eigenvalue weighted by molar-refractivity contribution is 5.56. The average molecular weight is 288 g/mol. The smallest absolute Gasteiger partial charge is 0.233 e. The number of hydrogen-bond donors (Lipinski definition) is 2. The first-order valence-corrected chi connectivity index (χ1v) is 6.66. The van der Waals surface area contributed by atoms with Gasteiger partial charge in [0.1, 0.15) is 5.75 Å². The van der Waals surface area contributed by atoms with E-state index >= 15 is 0 Å². The van der Waals surface area contributed by atoms with Crippen LogP contribution in [0.25, 0.3) is 0 Å². The van der Waals surface area contributed by atoms with Crippen molar-refractivity contribution in [3.8, 4) is 5.75 Å². The molecule has 0 aliphatic heterocycles. The molecule has 7 nitrogen and oxygen atoms in total. The van der Waals surface area contributed by atoms with E-state index in [0.717, 1.165) is 11.4 Å². The van der Waals surface area contributed by atoms with Gasteiger partial charge in [0.25, 0.3) is 0 Å². The molecule has 1 heterocycles. The molecule has 0 aliphatic rings. The lowest BCUT2D eigenvalue weighted by Crippen LogP contribution is -2.15. The molecule has 0 atom stereocenters. The molecule has 0 saturated carbocycles. The number of nitrogens with one attached hydrogen (secondary N) is 1. The molecule has 0 radical (unpaired) electrons. The third-order valence-electron chi connectivity index (χ3n) is 2.52. The molecule has 0 fully saturated rings. The minimum atomic E-state index is 0.148. The molecule has 1 aromatic carbocycles. The first kappa shape index (κ1) is 14.8. The number of anilines is 4. The highest BCUT2D eigenvalue weighted by atomic mass is 16.5. The quantitative estimate of drug-likeness (QED) is 0.870. The van der Waals surface area contributed by atoms with Gasteiger partial charge in [0.2, 0.25) is 17.8 Å². The van der Waals surface area contributed by atoms with Crippen molar-refractivity contribution in [1.29, 1.82) is 0 Å². The molecule has 21 heavy (non-hydrogen) atoms. The molecule has 0 saturated heterocycles. The predicted molar refractivity (Wildman–Crippen MR) is 84.1 cm³/mol. The van der Waals surface area contributed by atoms with E-state index in [0.29, 0.717) is 11.9 Å². The third kappa shape index (κ3) is 4.20. The van der Waals surface area contributed by atoms with Crippen LogP contribution < -0.4 is 20.7 Å². The maximum atomic E-state index is 5.68. The molecule has 0 bridgehead atoms. The van der Waals surface area contributed by atoms with Crippen molar-refractivity contribution in [2.75, 3.05) is 30.0 Å². The summed E-state index contributed by atoms with van der Waals surface area (Å²) in [6, 6.07) is 7.57. The number of aromatic nitrogens is 3. The highest BCUT2D eigenvalue weighted by Gasteiger charge is 2.06. The fraction of sp³-hybridized carbons (Fsp3) is 0.357. The van der Waals surface area contributed by atoms with E-state index in [1.54, 1.807) is 4.90 Å². The lowest BCUT2D eigenvalue weighted by molar-refractivity contribution is 0.242. The molecule has 2 aromatic rings. The van der Waals surface area contributed by atoms with Gasteiger partial charge in [-0.1, -0.05) is 0 Å². The summed E-state index contributed by atoms with van der Waals surface area (Å²) in [4.78, 5) is 14.2. The fourth-order valence-corrected chi connectivity index (χ4v) is 1.65. The molecule has 0 spiro atoms. The van der Waals surface area contributed by atoms with Gasteiger partial charge in [0.15, 0.2) is 0 Å². The molecular weight excluding hydrogens is 268 g/mol.